The smallest absolute Gasteiger partial charge is 0.143 e. The average molecular weight is 177 g/mol. The van der Waals surface area contributed by atoms with Gasteiger partial charge in [0.1, 0.15) is 6.33 Å². The van der Waals surface area contributed by atoms with Crippen LogP contribution in [0.5, 0.6) is 0 Å². The maximum absolute atomic E-state index is 4.94. The van der Waals surface area contributed by atoms with Gasteiger partial charge in [0.15, 0.2) is 0 Å². The summed E-state index contributed by atoms with van der Waals surface area (Å²) >= 11 is 4.94. The SMILES string of the molecule is [S]c1ccc(-n2cnnn2)cc1. The molecule has 0 atom stereocenters. The third-order valence-corrected chi connectivity index (χ3v) is 1.72. The first-order valence-corrected chi connectivity index (χ1v) is 3.77. The summed E-state index contributed by atoms with van der Waals surface area (Å²) in [6, 6.07) is 7.43. The van der Waals surface area contributed by atoms with Crippen molar-refractivity contribution in [1.29, 1.82) is 0 Å². The van der Waals surface area contributed by atoms with Crippen molar-refractivity contribution in [3.05, 3.63) is 30.6 Å². The second-order valence-electron chi connectivity index (χ2n) is 2.25. The molecule has 0 saturated carbocycles. The van der Waals surface area contributed by atoms with Crippen molar-refractivity contribution >= 4 is 12.6 Å². The van der Waals surface area contributed by atoms with Gasteiger partial charge in [-0.3, -0.25) is 0 Å². The van der Waals surface area contributed by atoms with E-state index in [0.717, 1.165) is 10.6 Å². The van der Waals surface area contributed by atoms with E-state index in [9.17, 15) is 0 Å². The Kier molecular flexibility index (Phi) is 1.71. The van der Waals surface area contributed by atoms with E-state index >= 15 is 0 Å². The molecule has 1 radical (unpaired) electrons. The number of hydrogen-bond acceptors (Lipinski definition) is 3. The molecular weight excluding hydrogens is 172 g/mol. The van der Waals surface area contributed by atoms with E-state index in [1.54, 1.807) is 11.0 Å². The number of tetrazole rings is 1. The number of rotatable bonds is 1. The van der Waals surface area contributed by atoms with E-state index in [2.05, 4.69) is 15.5 Å². The summed E-state index contributed by atoms with van der Waals surface area (Å²) in [6.45, 7) is 0. The Bertz CT molecular complexity index is 353. The van der Waals surface area contributed by atoms with Crippen molar-refractivity contribution in [3.8, 4) is 5.69 Å². The van der Waals surface area contributed by atoms with Crippen LogP contribution in [-0.4, -0.2) is 20.2 Å². The van der Waals surface area contributed by atoms with Crippen LogP contribution in [-0.2, 0) is 0 Å². The second-order valence-corrected chi connectivity index (χ2v) is 2.72. The molecule has 5 heteroatoms. The van der Waals surface area contributed by atoms with Crippen molar-refractivity contribution in [1.82, 2.24) is 20.2 Å². The predicted octanol–water partition coefficient (Wildman–Crippen LogP) is 1.22. The fourth-order valence-corrected chi connectivity index (χ4v) is 1.01. The first-order chi connectivity index (χ1) is 5.86. The summed E-state index contributed by atoms with van der Waals surface area (Å²) in [6.07, 6.45) is 1.54. The van der Waals surface area contributed by atoms with Gasteiger partial charge in [-0.15, -0.1) is 5.10 Å². The Labute approximate surface area is 74.6 Å². The van der Waals surface area contributed by atoms with Gasteiger partial charge in [0.2, 0.25) is 0 Å². The summed E-state index contributed by atoms with van der Waals surface area (Å²) < 4.78 is 1.58. The van der Waals surface area contributed by atoms with E-state index in [1.165, 1.54) is 0 Å². The minimum Gasteiger partial charge on any atom is -0.201 e. The maximum Gasteiger partial charge on any atom is 0.143 e. The summed E-state index contributed by atoms with van der Waals surface area (Å²) in [5.74, 6) is 0. The molecule has 59 valence electrons. The van der Waals surface area contributed by atoms with E-state index < -0.39 is 0 Å². The third-order valence-electron chi connectivity index (χ3n) is 1.45. The lowest BCUT2D eigenvalue weighted by molar-refractivity contribution is 0.788. The second kappa shape index (κ2) is 2.86. The zero-order valence-corrected chi connectivity index (χ0v) is 6.90. The van der Waals surface area contributed by atoms with E-state index in [1.807, 2.05) is 24.3 Å². The molecule has 4 nitrogen and oxygen atoms in total. The standard InChI is InChI=1S/C7H5N4S/c12-7-3-1-6(2-4-7)11-5-8-9-10-11/h1-5H. The van der Waals surface area contributed by atoms with Crippen molar-refractivity contribution in [2.45, 2.75) is 4.90 Å². The van der Waals surface area contributed by atoms with Crippen molar-refractivity contribution in [2.24, 2.45) is 0 Å². The zero-order valence-electron chi connectivity index (χ0n) is 6.08. The molecule has 1 aromatic carbocycles. The minimum absolute atomic E-state index is 0.812. The first kappa shape index (κ1) is 7.17. The highest BCUT2D eigenvalue weighted by Crippen LogP contribution is 2.09. The molecule has 0 amide bonds. The number of benzene rings is 1. The molecule has 0 fully saturated rings. The number of aromatic nitrogens is 4. The Hall–Kier alpha value is -1.49. The largest absolute Gasteiger partial charge is 0.201 e. The van der Waals surface area contributed by atoms with E-state index in [-0.39, 0.29) is 0 Å². The summed E-state index contributed by atoms with van der Waals surface area (Å²) in [5.41, 5.74) is 0.911. The first-order valence-electron chi connectivity index (χ1n) is 3.37. The molecule has 12 heavy (non-hydrogen) atoms. The Balaban J connectivity index is 2.43. The van der Waals surface area contributed by atoms with Crippen LogP contribution in [0.25, 0.3) is 5.69 Å². The molecule has 0 spiro atoms. The molecule has 0 aliphatic heterocycles. The van der Waals surface area contributed by atoms with Crippen LogP contribution in [0, 0.1) is 0 Å². The molecule has 1 heterocycles. The Morgan fingerprint density at radius 2 is 1.92 bits per heavy atom. The molecule has 2 rings (SSSR count). The quantitative estimate of drug-likeness (QED) is 0.657. The Morgan fingerprint density at radius 1 is 1.17 bits per heavy atom. The lowest BCUT2D eigenvalue weighted by Crippen LogP contribution is -1.93. The van der Waals surface area contributed by atoms with Gasteiger partial charge in [-0.05, 0) is 34.7 Å². The zero-order chi connectivity index (χ0) is 8.39. The normalized spacial score (nSPS) is 10.0. The van der Waals surface area contributed by atoms with Gasteiger partial charge in [0.05, 0.1) is 5.69 Å². The minimum atomic E-state index is 0.812. The highest BCUT2D eigenvalue weighted by molar-refractivity contribution is 7.80. The summed E-state index contributed by atoms with van der Waals surface area (Å²) in [5, 5.41) is 10.8. The van der Waals surface area contributed by atoms with Gasteiger partial charge >= 0.3 is 0 Å². The van der Waals surface area contributed by atoms with Gasteiger partial charge in [0.25, 0.3) is 0 Å². The van der Waals surface area contributed by atoms with E-state index in [4.69, 9.17) is 12.6 Å². The van der Waals surface area contributed by atoms with Crippen LogP contribution in [0.1, 0.15) is 0 Å². The van der Waals surface area contributed by atoms with Crippen LogP contribution in [0.3, 0.4) is 0 Å². The topological polar surface area (TPSA) is 43.6 Å². The highest BCUT2D eigenvalue weighted by atomic mass is 32.1. The van der Waals surface area contributed by atoms with Crippen molar-refractivity contribution in [2.75, 3.05) is 0 Å². The van der Waals surface area contributed by atoms with Crippen LogP contribution in [0.15, 0.2) is 35.5 Å². The molecule has 0 N–H and O–H groups in total. The third kappa shape index (κ3) is 1.26. The summed E-state index contributed by atoms with van der Waals surface area (Å²) in [4.78, 5) is 0.812. The number of nitrogens with zero attached hydrogens (tertiary/aromatic N) is 4. The molecule has 0 aliphatic rings. The monoisotopic (exact) mass is 177 g/mol. The fraction of sp³-hybridized carbons (Fsp3) is 0. The van der Waals surface area contributed by atoms with Gasteiger partial charge in [-0.1, -0.05) is 12.6 Å². The molecule has 1 aromatic heterocycles. The summed E-state index contributed by atoms with van der Waals surface area (Å²) in [7, 11) is 0. The molecular formula is C7H5N4S. The lowest BCUT2D eigenvalue weighted by atomic mass is 10.3. The number of hydrogen-bond donors (Lipinski definition) is 0. The Morgan fingerprint density at radius 3 is 2.50 bits per heavy atom. The van der Waals surface area contributed by atoms with Crippen molar-refractivity contribution in [3.63, 3.8) is 0 Å². The molecule has 2 aromatic rings. The van der Waals surface area contributed by atoms with Crippen LogP contribution < -0.4 is 0 Å². The predicted molar refractivity (Wildman–Crippen MR) is 45.0 cm³/mol. The van der Waals surface area contributed by atoms with Crippen molar-refractivity contribution < 1.29 is 0 Å². The van der Waals surface area contributed by atoms with Gasteiger partial charge < -0.3 is 0 Å². The molecule has 0 aliphatic carbocycles. The maximum atomic E-state index is 4.94. The molecule has 0 saturated heterocycles. The van der Waals surface area contributed by atoms with Crippen LogP contribution in [0.4, 0.5) is 0 Å². The molecule has 0 bridgehead atoms. The lowest BCUT2D eigenvalue weighted by Gasteiger charge is -1.96. The van der Waals surface area contributed by atoms with Gasteiger partial charge in [-0.2, -0.15) is 0 Å². The highest BCUT2D eigenvalue weighted by Gasteiger charge is 1.95. The average Bonchev–Trinajstić information content (AvgIpc) is 2.58. The van der Waals surface area contributed by atoms with Crippen LogP contribution >= 0.6 is 12.6 Å². The van der Waals surface area contributed by atoms with Gasteiger partial charge in [0, 0.05) is 4.90 Å². The molecule has 0 unspecified atom stereocenters. The van der Waals surface area contributed by atoms with Crippen LogP contribution in [0.2, 0.25) is 0 Å². The van der Waals surface area contributed by atoms with E-state index in [0.29, 0.717) is 0 Å². The van der Waals surface area contributed by atoms with Gasteiger partial charge in [-0.25, -0.2) is 4.68 Å². The fourth-order valence-electron chi connectivity index (χ4n) is 0.878.